The molecule has 0 spiro atoms. The number of nitrogens with zero attached hydrogens (tertiary/aromatic N) is 1. The van der Waals surface area contributed by atoms with Crippen molar-refractivity contribution in [1.82, 2.24) is 0 Å². The maximum atomic E-state index is 11.6. The molecule has 1 atom stereocenters. The third-order valence-corrected chi connectivity index (χ3v) is 1.73. The third kappa shape index (κ3) is 7.90. The highest BCUT2D eigenvalue weighted by Crippen LogP contribution is 2.09. The average molecular weight is 206 g/mol. The molecule has 0 aromatic heterocycles. The van der Waals surface area contributed by atoms with E-state index < -0.39 is 18.6 Å². The van der Waals surface area contributed by atoms with E-state index in [1.54, 1.807) is 6.92 Å². The summed E-state index contributed by atoms with van der Waals surface area (Å²) >= 11 is 0. The highest BCUT2D eigenvalue weighted by Gasteiger charge is 2.15. The molecule has 0 heterocycles. The Bertz CT molecular complexity index is 190. The van der Waals surface area contributed by atoms with Crippen LogP contribution in [0.4, 0.5) is 8.78 Å². The number of rotatable bonds is 7. The van der Waals surface area contributed by atoms with Gasteiger partial charge in [0.15, 0.2) is 0 Å². The van der Waals surface area contributed by atoms with Crippen molar-refractivity contribution >= 4 is 0 Å². The number of halogens is 2. The number of hydrogen-bond donors (Lipinski definition) is 1. The smallest absolute Gasteiger partial charge is 0.261 e. The van der Waals surface area contributed by atoms with Gasteiger partial charge in [-0.05, 0) is 26.2 Å². The van der Waals surface area contributed by atoms with Gasteiger partial charge in [-0.2, -0.15) is 5.26 Å². The molecule has 0 aliphatic carbocycles. The first-order chi connectivity index (χ1) is 6.48. The summed E-state index contributed by atoms with van der Waals surface area (Å²) in [6.07, 6.45) is -0.485. The molecule has 0 aromatic carbocycles. The zero-order valence-corrected chi connectivity index (χ0v) is 8.30. The molecule has 0 radical (unpaired) electrons. The van der Waals surface area contributed by atoms with Crippen molar-refractivity contribution in [3.05, 3.63) is 0 Å². The molecule has 2 N–H and O–H groups in total. The lowest BCUT2D eigenvalue weighted by atomic mass is 9.98. The fourth-order valence-corrected chi connectivity index (χ4v) is 0.925. The van der Waals surface area contributed by atoms with Gasteiger partial charge in [-0.3, -0.25) is 0 Å². The lowest BCUT2D eigenvalue weighted by molar-refractivity contribution is 0.0160. The van der Waals surface area contributed by atoms with Crippen molar-refractivity contribution in [3.8, 4) is 6.07 Å². The van der Waals surface area contributed by atoms with Crippen molar-refractivity contribution in [2.45, 2.75) is 38.2 Å². The monoisotopic (exact) mass is 206 g/mol. The predicted octanol–water partition coefficient (Wildman–Crippen LogP) is 1.68. The van der Waals surface area contributed by atoms with Crippen LogP contribution in [0.3, 0.4) is 0 Å². The standard InChI is InChI=1S/C9H16F2N2O/c1-9(13,7-12)4-2-3-5-14-6-8(10)11/h8H,2-6,13H2,1H3. The molecule has 0 aromatic rings. The molecule has 0 rings (SSSR count). The Morgan fingerprint density at radius 3 is 2.64 bits per heavy atom. The molecular formula is C9H16F2N2O. The first-order valence-electron chi connectivity index (χ1n) is 4.54. The van der Waals surface area contributed by atoms with Crippen molar-refractivity contribution in [2.24, 2.45) is 5.73 Å². The van der Waals surface area contributed by atoms with Crippen LogP contribution in [-0.4, -0.2) is 25.2 Å². The Morgan fingerprint density at radius 2 is 2.14 bits per heavy atom. The second-order valence-electron chi connectivity index (χ2n) is 3.45. The van der Waals surface area contributed by atoms with Gasteiger partial charge >= 0.3 is 0 Å². The summed E-state index contributed by atoms with van der Waals surface area (Å²) in [6.45, 7) is 1.43. The van der Waals surface area contributed by atoms with E-state index in [4.69, 9.17) is 11.0 Å². The van der Waals surface area contributed by atoms with E-state index in [1.165, 1.54) is 0 Å². The van der Waals surface area contributed by atoms with Crippen molar-refractivity contribution in [2.75, 3.05) is 13.2 Å². The minimum atomic E-state index is -2.41. The van der Waals surface area contributed by atoms with E-state index >= 15 is 0 Å². The normalized spacial score (nSPS) is 15.1. The number of hydrogen-bond acceptors (Lipinski definition) is 3. The van der Waals surface area contributed by atoms with Crippen LogP contribution in [0.5, 0.6) is 0 Å². The summed E-state index contributed by atoms with van der Waals surface area (Å²) in [5.74, 6) is 0. The number of unbranched alkanes of at least 4 members (excludes halogenated alkanes) is 1. The average Bonchev–Trinajstić information content (AvgIpc) is 2.10. The molecule has 0 saturated carbocycles. The largest absolute Gasteiger partial charge is 0.376 e. The molecule has 5 heteroatoms. The summed E-state index contributed by atoms with van der Waals surface area (Å²) in [5.41, 5.74) is 4.74. The first kappa shape index (κ1) is 13.3. The molecule has 0 fully saturated rings. The zero-order valence-electron chi connectivity index (χ0n) is 8.30. The van der Waals surface area contributed by atoms with Crippen LogP contribution in [0.25, 0.3) is 0 Å². The Hall–Kier alpha value is -0.730. The van der Waals surface area contributed by atoms with Gasteiger partial charge in [-0.25, -0.2) is 8.78 Å². The number of nitrogens with two attached hydrogens (primary N) is 1. The Labute approximate surface area is 82.8 Å². The Balaban J connectivity index is 3.27. The van der Waals surface area contributed by atoms with Gasteiger partial charge in [-0.15, -0.1) is 0 Å². The van der Waals surface area contributed by atoms with Gasteiger partial charge in [0.25, 0.3) is 6.43 Å². The summed E-state index contributed by atoms with van der Waals surface area (Å²) in [7, 11) is 0. The summed E-state index contributed by atoms with van der Waals surface area (Å²) in [5, 5.41) is 8.56. The fraction of sp³-hybridized carbons (Fsp3) is 0.889. The van der Waals surface area contributed by atoms with Crippen LogP contribution in [-0.2, 0) is 4.74 Å². The van der Waals surface area contributed by atoms with Crippen LogP contribution in [0.2, 0.25) is 0 Å². The number of nitriles is 1. The topological polar surface area (TPSA) is 59.0 Å². The molecule has 0 saturated heterocycles. The van der Waals surface area contributed by atoms with Gasteiger partial charge < -0.3 is 10.5 Å². The van der Waals surface area contributed by atoms with Crippen LogP contribution in [0.1, 0.15) is 26.2 Å². The maximum absolute atomic E-state index is 11.6. The van der Waals surface area contributed by atoms with Gasteiger partial charge in [0.05, 0.1) is 6.07 Å². The molecular weight excluding hydrogens is 190 g/mol. The Kier molecular flexibility index (Phi) is 6.34. The minimum absolute atomic E-state index is 0.297. The molecule has 0 bridgehead atoms. The summed E-state index contributed by atoms with van der Waals surface area (Å²) in [6, 6.07) is 1.97. The second kappa shape index (κ2) is 6.68. The molecule has 0 aliphatic rings. The third-order valence-electron chi connectivity index (χ3n) is 1.73. The Morgan fingerprint density at radius 1 is 1.50 bits per heavy atom. The van der Waals surface area contributed by atoms with E-state index in [0.717, 1.165) is 0 Å². The predicted molar refractivity (Wildman–Crippen MR) is 48.9 cm³/mol. The minimum Gasteiger partial charge on any atom is -0.376 e. The SMILES string of the molecule is CC(N)(C#N)CCCCOCC(F)F. The van der Waals surface area contributed by atoms with E-state index in [1.807, 2.05) is 6.07 Å². The molecule has 3 nitrogen and oxygen atoms in total. The quantitative estimate of drug-likeness (QED) is 0.645. The number of ether oxygens (including phenoxy) is 1. The fourth-order valence-electron chi connectivity index (χ4n) is 0.925. The van der Waals surface area contributed by atoms with Crippen molar-refractivity contribution in [3.63, 3.8) is 0 Å². The van der Waals surface area contributed by atoms with Crippen LogP contribution in [0.15, 0.2) is 0 Å². The molecule has 1 unspecified atom stereocenters. The van der Waals surface area contributed by atoms with Crippen LogP contribution in [0, 0.1) is 11.3 Å². The van der Waals surface area contributed by atoms with E-state index in [-0.39, 0.29) is 0 Å². The van der Waals surface area contributed by atoms with E-state index in [2.05, 4.69) is 4.74 Å². The van der Waals surface area contributed by atoms with Crippen LogP contribution < -0.4 is 5.73 Å². The summed E-state index contributed by atoms with van der Waals surface area (Å²) in [4.78, 5) is 0. The van der Waals surface area contributed by atoms with Gasteiger partial charge in [0.2, 0.25) is 0 Å². The van der Waals surface area contributed by atoms with Crippen LogP contribution >= 0.6 is 0 Å². The van der Waals surface area contributed by atoms with Gasteiger partial charge in [-0.1, -0.05) is 0 Å². The second-order valence-corrected chi connectivity index (χ2v) is 3.45. The molecule has 0 aliphatic heterocycles. The molecule has 82 valence electrons. The van der Waals surface area contributed by atoms with Gasteiger partial charge in [0, 0.05) is 6.61 Å². The highest BCUT2D eigenvalue weighted by molar-refractivity contribution is 5.00. The first-order valence-corrected chi connectivity index (χ1v) is 4.54. The summed E-state index contributed by atoms with van der Waals surface area (Å²) < 4.78 is 27.9. The van der Waals surface area contributed by atoms with Crippen molar-refractivity contribution in [1.29, 1.82) is 5.26 Å². The zero-order chi connectivity index (χ0) is 11.0. The maximum Gasteiger partial charge on any atom is 0.261 e. The lowest BCUT2D eigenvalue weighted by Crippen LogP contribution is -2.33. The van der Waals surface area contributed by atoms with Crippen molar-refractivity contribution < 1.29 is 13.5 Å². The molecule has 0 amide bonds. The van der Waals surface area contributed by atoms with Gasteiger partial charge in [0.1, 0.15) is 12.1 Å². The molecule has 14 heavy (non-hydrogen) atoms. The van der Waals surface area contributed by atoms with E-state index in [0.29, 0.717) is 25.9 Å². The lowest BCUT2D eigenvalue weighted by Gasteiger charge is -2.14. The van der Waals surface area contributed by atoms with E-state index in [9.17, 15) is 8.78 Å². The highest BCUT2D eigenvalue weighted by atomic mass is 19.3. The number of alkyl halides is 2.